The number of ether oxygens (including phenoxy) is 1. The summed E-state index contributed by atoms with van der Waals surface area (Å²) >= 11 is 0. The number of nitrogens with one attached hydrogen (secondary N) is 1. The Morgan fingerprint density at radius 2 is 1.58 bits per heavy atom. The van der Waals surface area contributed by atoms with Gasteiger partial charge in [-0.2, -0.15) is 26.3 Å². The van der Waals surface area contributed by atoms with Crippen molar-refractivity contribution in [3.05, 3.63) is 30.4 Å². The molecule has 1 spiro atoms. The van der Waals surface area contributed by atoms with E-state index in [0.717, 1.165) is 43.1 Å². The average molecular weight is 556 g/mol. The first-order chi connectivity index (χ1) is 17.6. The monoisotopic (exact) mass is 556 g/mol. The fourth-order valence-electron chi connectivity index (χ4n) is 3.78. The van der Waals surface area contributed by atoms with E-state index in [1.54, 1.807) is 17.3 Å². The Hall–Kier alpha value is -3.96. The number of carboxylic acids is 2. The van der Waals surface area contributed by atoms with Crippen LogP contribution in [0.25, 0.3) is 11.4 Å². The van der Waals surface area contributed by atoms with E-state index in [4.69, 9.17) is 24.5 Å². The molecule has 18 heteroatoms. The van der Waals surface area contributed by atoms with Crippen LogP contribution in [0.3, 0.4) is 0 Å². The van der Waals surface area contributed by atoms with Crippen LogP contribution in [0.1, 0.15) is 18.7 Å². The number of rotatable bonds is 1. The number of carboxylic acid groups (broad SMARTS) is 2. The first-order valence-electron chi connectivity index (χ1n) is 10.6. The van der Waals surface area contributed by atoms with Crippen LogP contribution in [0.5, 0.6) is 0 Å². The molecule has 1 fully saturated rings. The SMILES string of the molecule is COC(=O)N1Cc2nnc(-c3cccnc3)n2C2(CCNCC2)C1.O=C(O)C(F)(F)F.O=C(O)C(F)(F)F. The molecule has 4 heterocycles. The Morgan fingerprint density at radius 3 is 2.03 bits per heavy atom. The fraction of sp³-hybridized carbons (Fsp3) is 0.500. The predicted octanol–water partition coefficient (Wildman–Crippen LogP) is 2.27. The van der Waals surface area contributed by atoms with Gasteiger partial charge < -0.3 is 24.8 Å². The molecular weight excluding hydrogens is 534 g/mol. The van der Waals surface area contributed by atoms with Crippen LogP contribution in [0.2, 0.25) is 0 Å². The molecule has 3 N–H and O–H groups in total. The standard InChI is InChI=1S/C16H20N6O2.2C2HF3O2/c1-24-15(23)21-10-13-19-20-14(12-3-2-6-18-9-12)22(13)16(11-21)4-7-17-8-5-16;2*3-2(4,5)1(6)7/h2-3,6,9,17H,4-5,7-8,10-11H2,1H3;2*(H,6,7). The van der Waals surface area contributed by atoms with Crippen molar-refractivity contribution in [2.75, 3.05) is 26.7 Å². The summed E-state index contributed by atoms with van der Waals surface area (Å²) in [7, 11) is 1.41. The smallest absolute Gasteiger partial charge is 0.475 e. The topological polar surface area (TPSA) is 160 Å². The first-order valence-corrected chi connectivity index (χ1v) is 10.6. The maximum Gasteiger partial charge on any atom is 0.490 e. The third-order valence-electron chi connectivity index (χ3n) is 5.39. The number of nitrogens with zero attached hydrogens (tertiary/aromatic N) is 5. The van der Waals surface area contributed by atoms with Gasteiger partial charge in [-0.25, -0.2) is 14.4 Å². The second-order valence-electron chi connectivity index (χ2n) is 7.92. The van der Waals surface area contributed by atoms with E-state index in [1.165, 1.54) is 7.11 Å². The highest BCUT2D eigenvalue weighted by Gasteiger charge is 2.44. The van der Waals surface area contributed by atoms with Gasteiger partial charge in [-0.05, 0) is 38.1 Å². The summed E-state index contributed by atoms with van der Waals surface area (Å²) in [4.78, 5) is 35.8. The Labute approximate surface area is 210 Å². The van der Waals surface area contributed by atoms with Gasteiger partial charge in [0.1, 0.15) is 0 Å². The van der Waals surface area contributed by atoms with Crippen molar-refractivity contribution in [1.82, 2.24) is 30.0 Å². The minimum absolute atomic E-state index is 0.207. The second-order valence-corrected chi connectivity index (χ2v) is 7.92. The highest BCUT2D eigenvalue weighted by Crippen LogP contribution is 2.37. The van der Waals surface area contributed by atoms with Crippen LogP contribution in [-0.4, -0.2) is 92.0 Å². The molecule has 1 amide bonds. The van der Waals surface area contributed by atoms with Crippen molar-refractivity contribution in [2.45, 2.75) is 37.3 Å². The molecule has 0 aliphatic carbocycles. The summed E-state index contributed by atoms with van der Waals surface area (Å²) in [6.07, 6.45) is -5.10. The molecule has 0 unspecified atom stereocenters. The Morgan fingerprint density at radius 1 is 1.03 bits per heavy atom. The summed E-state index contributed by atoms with van der Waals surface area (Å²) in [5, 5.41) is 26.4. The number of hydrogen-bond donors (Lipinski definition) is 3. The third kappa shape index (κ3) is 7.53. The minimum atomic E-state index is -5.08. The summed E-state index contributed by atoms with van der Waals surface area (Å²) in [6, 6.07) is 3.89. The number of methoxy groups -OCH3 is 1. The maximum absolute atomic E-state index is 12.1. The van der Waals surface area contributed by atoms with Gasteiger partial charge in [0.2, 0.25) is 0 Å². The lowest BCUT2D eigenvalue weighted by molar-refractivity contribution is -0.193. The molecule has 210 valence electrons. The zero-order chi connectivity index (χ0) is 28.7. The molecule has 0 aromatic carbocycles. The summed E-state index contributed by atoms with van der Waals surface area (Å²) in [5.74, 6) is -3.89. The number of carbonyl (C=O) groups is 3. The molecule has 4 rings (SSSR count). The second kappa shape index (κ2) is 12.1. The summed E-state index contributed by atoms with van der Waals surface area (Å²) in [5.41, 5.74) is 0.738. The van der Waals surface area contributed by atoms with Crippen molar-refractivity contribution in [3.63, 3.8) is 0 Å². The molecule has 0 bridgehead atoms. The van der Waals surface area contributed by atoms with Crippen molar-refractivity contribution < 1.29 is 55.7 Å². The lowest BCUT2D eigenvalue weighted by Crippen LogP contribution is -2.56. The van der Waals surface area contributed by atoms with Crippen molar-refractivity contribution in [3.8, 4) is 11.4 Å². The van der Waals surface area contributed by atoms with Crippen LogP contribution in [0.15, 0.2) is 24.5 Å². The maximum atomic E-state index is 12.1. The summed E-state index contributed by atoms with van der Waals surface area (Å²) < 4.78 is 70.6. The molecule has 0 atom stereocenters. The highest BCUT2D eigenvalue weighted by molar-refractivity contribution is 5.73. The lowest BCUT2D eigenvalue weighted by Gasteiger charge is -2.46. The number of halogens is 6. The quantitative estimate of drug-likeness (QED) is 0.445. The molecule has 2 aromatic rings. The molecule has 2 aromatic heterocycles. The van der Waals surface area contributed by atoms with E-state index >= 15 is 0 Å². The number of fused-ring (bicyclic) bond motifs is 2. The third-order valence-corrected chi connectivity index (χ3v) is 5.39. The van der Waals surface area contributed by atoms with Crippen LogP contribution in [0, 0.1) is 0 Å². The predicted molar refractivity (Wildman–Crippen MR) is 114 cm³/mol. The van der Waals surface area contributed by atoms with Crippen LogP contribution in [-0.2, 0) is 26.4 Å². The molecular formula is C20H22F6N6O6. The Bertz CT molecular complexity index is 1090. The molecule has 1 saturated heterocycles. The van der Waals surface area contributed by atoms with E-state index in [-0.39, 0.29) is 11.6 Å². The van der Waals surface area contributed by atoms with Crippen molar-refractivity contribution >= 4 is 18.0 Å². The van der Waals surface area contributed by atoms with Gasteiger partial charge in [0.05, 0.1) is 19.2 Å². The molecule has 12 nitrogen and oxygen atoms in total. The molecule has 2 aliphatic heterocycles. The zero-order valence-corrected chi connectivity index (χ0v) is 19.6. The van der Waals surface area contributed by atoms with Crippen LogP contribution in [0.4, 0.5) is 31.1 Å². The van der Waals surface area contributed by atoms with Gasteiger partial charge in [-0.1, -0.05) is 0 Å². The Kier molecular flexibility index (Phi) is 9.60. The average Bonchev–Trinajstić information content (AvgIpc) is 3.29. The molecule has 0 saturated carbocycles. The largest absolute Gasteiger partial charge is 0.490 e. The number of hydrogen-bond acceptors (Lipinski definition) is 8. The molecule has 0 radical (unpaired) electrons. The first kappa shape index (κ1) is 30.3. The van der Waals surface area contributed by atoms with E-state index < -0.39 is 24.3 Å². The number of aliphatic carboxylic acids is 2. The van der Waals surface area contributed by atoms with Crippen molar-refractivity contribution in [1.29, 1.82) is 0 Å². The number of pyridine rings is 1. The van der Waals surface area contributed by atoms with Gasteiger partial charge in [-0.15, -0.1) is 10.2 Å². The van der Waals surface area contributed by atoms with E-state index in [2.05, 4.69) is 25.1 Å². The number of alkyl halides is 6. The normalized spacial score (nSPS) is 16.2. The van der Waals surface area contributed by atoms with Crippen LogP contribution >= 0.6 is 0 Å². The number of carbonyl (C=O) groups excluding carboxylic acids is 1. The Balaban J connectivity index is 0.000000301. The molecule has 38 heavy (non-hydrogen) atoms. The van der Waals surface area contributed by atoms with Gasteiger partial charge in [0, 0.05) is 24.5 Å². The lowest BCUT2D eigenvalue weighted by atomic mass is 9.85. The van der Waals surface area contributed by atoms with Gasteiger partial charge in [-0.3, -0.25) is 9.88 Å². The fourth-order valence-corrected chi connectivity index (χ4v) is 3.78. The van der Waals surface area contributed by atoms with Crippen LogP contribution < -0.4 is 5.32 Å². The zero-order valence-electron chi connectivity index (χ0n) is 19.6. The summed E-state index contributed by atoms with van der Waals surface area (Å²) in [6.45, 7) is 2.83. The van der Waals surface area contributed by atoms with E-state index in [1.807, 2.05) is 12.1 Å². The van der Waals surface area contributed by atoms with Gasteiger partial charge in [0.15, 0.2) is 11.6 Å². The number of amides is 1. The minimum Gasteiger partial charge on any atom is -0.475 e. The van der Waals surface area contributed by atoms with E-state index in [9.17, 15) is 31.1 Å². The highest BCUT2D eigenvalue weighted by atomic mass is 19.4. The van der Waals surface area contributed by atoms with E-state index in [0.29, 0.717) is 13.1 Å². The number of aromatic nitrogens is 4. The van der Waals surface area contributed by atoms with Gasteiger partial charge >= 0.3 is 30.4 Å². The van der Waals surface area contributed by atoms with Gasteiger partial charge in [0.25, 0.3) is 0 Å². The number of piperidine rings is 1. The molecule has 2 aliphatic rings. The van der Waals surface area contributed by atoms with Crippen molar-refractivity contribution in [2.24, 2.45) is 0 Å².